The summed E-state index contributed by atoms with van der Waals surface area (Å²) in [5.41, 5.74) is 7.20. The Kier molecular flexibility index (Phi) is 4.86. The quantitative estimate of drug-likeness (QED) is 0.533. The molecule has 1 fully saturated rings. The van der Waals surface area contributed by atoms with Crippen LogP contribution in [0.15, 0.2) is 42.6 Å². The van der Waals surface area contributed by atoms with Gasteiger partial charge in [0.1, 0.15) is 5.82 Å². The summed E-state index contributed by atoms with van der Waals surface area (Å²) < 4.78 is 34.4. The molecule has 0 aliphatic carbocycles. The van der Waals surface area contributed by atoms with E-state index < -0.39 is 12.2 Å². The van der Waals surface area contributed by atoms with Crippen molar-refractivity contribution in [3.05, 3.63) is 48.4 Å². The number of nitrogens with zero attached hydrogens (tertiary/aromatic N) is 7. The minimum atomic E-state index is -2.81. The number of morpholine rings is 1. The highest BCUT2D eigenvalue weighted by Gasteiger charge is 2.24. The molecule has 31 heavy (non-hydrogen) atoms. The Hall–Kier alpha value is -3.73. The van der Waals surface area contributed by atoms with Crippen molar-refractivity contribution in [2.45, 2.75) is 6.43 Å². The second-order valence-corrected chi connectivity index (χ2v) is 6.93. The van der Waals surface area contributed by atoms with Crippen LogP contribution < -0.4 is 10.6 Å². The number of pyridine rings is 1. The number of hydrogen-bond acceptors (Lipinski definition) is 8. The standard InChI is InChI=1S/C20H18F2N8O/c21-16(22)18-25-13-3-1-2-4-14(13)30(18)20-27-17(12-5-6-15(23)24-11-12)26-19(28-20)29-7-9-31-10-8-29/h1-6,11,16H,7-10H2,(H2,23,24). The SMILES string of the molecule is Nc1ccc(-c2nc(N3CCOCC3)nc(-n3c(C(F)F)nc4ccccc43)n2)cn1. The number of alkyl halides is 2. The molecule has 0 saturated carbocycles. The first-order valence-electron chi connectivity index (χ1n) is 9.67. The van der Waals surface area contributed by atoms with Gasteiger partial charge in [-0.05, 0) is 24.3 Å². The third-order valence-electron chi connectivity index (χ3n) is 4.93. The molecule has 2 N–H and O–H groups in total. The van der Waals surface area contributed by atoms with Crippen molar-refractivity contribution in [3.8, 4) is 17.3 Å². The number of anilines is 2. The fourth-order valence-electron chi connectivity index (χ4n) is 3.43. The lowest BCUT2D eigenvalue weighted by molar-refractivity contribution is 0.122. The topological polar surface area (TPSA) is 108 Å². The van der Waals surface area contributed by atoms with Gasteiger partial charge in [0.2, 0.25) is 11.9 Å². The number of ether oxygens (including phenoxy) is 1. The van der Waals surface area contributed by atoms with Gasteiger partial charge in [-0.15, -0.1) is 0 Å². The van der Waals surface area contributed by atoms with Gasteiger partial charge in [-0.25, -0.2) is 18.7 Å². The Bertz CT molecular complexity index is 1220. The van der Waals surface area contributed by atoms with E-state index in [4.69, 9.17) is 10.5 Å². The molecule has 0 unspecified atom stereocenters. The average Bonchev–Trinajstić information content (AvgIpc) is 3.20. The van der Waals surface area contributed by atoms with E-state index in [9.17, 15) is 8.78 Å². The molecule has 4 aromatic rings. The number of halogens is 2. The van der Waals surface area contributed by atoms with E-state index in [1.165, 1.54) is 10.8 Å². The minimum Gasteiger partial charge on any atom is -0.384 e. The molecule has 0 amide bonds. The maximum atomic E-state index is 13.9. The molecule has 1 aromatic carbocycles. The minimum absolute atomic E-state index is 0.0623. The summed E-state index contributed by atoms with van der Waals surface area (Å²) in [4.78, 5) is 23.7. The van der Waals surface area contributed by atoms with Gasteiger partial charge in [0.15, 0.2) is 11.6 Å². The van der Waals surface area contributed by atoms with Crippen molar-refractivity contribution in [2.24, 2.45) is 0 Å². The highest BCUT2D eigenvalue weighted by molar-refractivity contribution is 5.77. The fraction of sp³-hybridized carbons (Fsp3) is 0.250. The van der Waals surface area contributed by atoms with Crippen LogP contribution in [-0.2, 0) is 4.74 Å². The number of nitrogen functional groups attached to an aromatic ring is 1. The fourth-order valence-corrected chi connectivity index (χ4v) is 3.43. The van der Waals surface area contributed by atoms with Crippen molar-refractivity contribution in [3.63, 3.8) is 0 Å². The van der Waals surface area contributed by atoms with E-state index in [0.717, 1.165) is 0 Å². The van der Waals surface area contributed by atoms with Gasteiger partial charge in [0, 0.05) is 24.8 Å². The second-order valence-electron chi connectivity index (χ2n) is 6.93. The number of fused-ring (bicyclic) bond motifs is 1. The van der Waals surface area contributed by atoms with Gasteiger partial charge >= 0.3 is 0 Å². The Morgan fingerprint density at radius 3 is 2.45 bits per heavy atom. The highest BCUT2D eigenvalue weighted by atomic mass is 19.3. The number of aromatic nitrogens is 6. The molecule has 11 heteroatoms. The molecule has 1 aliphatic rings. The number of hydrogen-bond donors (Lipinski definition) is 1. The van der Waals surface area contributed by atoms with E-state index in [-0.39, 0.29) is 5.95 Å². The summed E-state index contributed by atoms with van der Waals surface area (Å²) in [5, 5.41) is 0. The van der Waals surface area contributed by atoms with Gasteiger partial charge in [-0.2, -0.15) is 15.0 Å². The highest BCUT2D eigenvalue weighted by Crippen LogP contribution is 2.28. The van der Waals surface area contributed by atoms with E-state index >= 15 is 0 Å². The normalized spacial score (nSPS) is 14.5. The number of rotatable bonds is 4. The zero-order valence-corrected chi connectivity index (χ0v) is 16.3. The van der Waals surface area contributed by atoms with Crippen LogP contribution in [0.2, 0.25) is 0 Å². The van der Waals surface area contributed by atoms with Crippen LogP contribution in [-0.4, -0.2) is 55.8 Å². The molecular formula is C20H18F2N8O. The maximum absolute atomic E-state index is 13.9. The van der Waals surface area contributed by atoms with E-state index in [1.807, 2.05) is 4.90 Å². The largest absolute Gasteiger partial charge is 0.384 e. The van der Waals surface area contributed by atoms with Gasteiger partial charge in [-0.1, -0.05) is 12.1 Å². The lowest BCUT2D eigenvalue weighted by Gasteiger charge is -2.27. The molecule has 1 aliphatic heterocycles. The Labute approximate surface area is 175 Å². The van der Waals surface area contributed by atoms with E-state index in [1.54, 1.807) is 36.4 Å². The summed E-state index contributed by atoms with van der Waals surface area (Å²) in [5.74, 6) is 0.663. The first-order chi connectivity index (χ1) is 15.1. The maximum Gasteiger partial charge on any atom is 0.296 e. The molecule has 0 bridgehead atoms. The van der Waals surface area contributed by atoms with Crippen LogP contribution in [0.25, 0.3) is 28.4 Å². The third-order valence-corrected chi connectivity index (χ3v) is 4.93. The van der Waals surface area contributed by atoms with Crippen LogP contribution in [0, 0.1) is 0 Å². The van der Waals surface area contributed by atoms with Crippen molar-refractivity contribution in [1.82, 2.24) is 29.5 Å². The molecule has 0 spiro atoms. The molecule has 0 atom stereocenters. The number of imidazole rings is 1. The number of para-hydroxylation sites is 2. The van der Waals surface area contributed by atoms with Gasteiger partial charge in [-0.3, -0.25) is 4.57 Å². The summed E-state index contributed by atoms with van der Waals surface area (Å²) in [6.07, 6.45) is -1.27. The first-order valence-corrected chi connectivity index (χ1v) is 9.67. The lowest BCUT2D eigenvalue weighted by atomic mass is 10.2. The van der Waals surface area contributed by atoms with Crippen molar-refractivity contribution in [1.29, 1.82) is 0 Å². The predicted octanol–water partition coefficient (Wildman–Crippen LogP) is 2.63. The summed E-state index contributed by atoms with van der Waals surface area (Å²) >= 11 is 0. The Morgan fingerprint density at radius 2 is 1.71 bits per heavy atom. The smallest absolute Gasteiger partial charge is 0.296 e. The Morgan fingerprint density at radius 1 is 0.935 bits per heavy atom. The van der Waals surface area contributed by atoms with E-state index in [0.29, 0.717) is 60.5 Å². The van der Waals surface area contributed by atoms with Gasteiger partial charge in [0.25, 0.3) is 6.43 Å². The van der Waals surface area contributed by atoms with Crippen LogP contribution >= 0.6 is 0 Å². The average molecular weight is 424 g/mol. The van der Waals surface area contributed by atoms with Crippen LogP contribution in [0.5, 0.6) is 0 Å². The van der Waals surface area contributed by atoms with Crippen molar-refractivity contribution in [2.75, 3.05) is 36.9 Å². The Balaban J connectivity index is 1.73. The second kappa shape index (κ2) is 7.84. The molecule has 158 valence electrons. The molecule has 1 saturated heterocycles. The molecule has 0 radical (unpaired) electrons. The zero-order valence-electron chi connectivity index (χ0n) is 16.3. The molecule has 9 nitrogen and oxygen atoms in total. The van der Waals surface area contributed by atoms with Crippen LogP contribution in [0.3, 0.4) is 0 Å². The molecule has 4 heterocycles. The zero-order chi connectivity index (χ0) is 21.4. The van der Waals surface area contributed by atoms with Gasteiger partial charge in [0.05, 0.1) is 24.2 Å². The summed E-state index contributed by atoms with van der Waals surface area (Å²) in [6.45, 7) is 2.21. The molecule has 5 rings (SSSR count). The first kappa shape index (κ1) is 19.2. The molecular weight excluding hydrogens is 406 g/mol. The van der Waals surface area contributed by atoms with Crippen molar-refractivity contribution >= 4 is 22.8 Å². The molecule has 3 aromatic heterocycles. The third kappa shape index (κ3) is 3.63. The lowest BCUT2D eigenvalue weighted by Crippen LogP contribution is -2.37. The predicted molar refractivity (Wildman–Crippen MR) is 110 cm³/mol. The summed E-state index contributed by atoms with van der Waals surface area (Å²) in [7, 11) is 0. The monoisotopic (exact) mass is 424 g/mol. The van der Waals surface area contributed by atoms with Gasteiger partial charge < -0.3 is 15.4 Å². The number of benzene rings is 1. The summed E-state index contributed by atoms with van der Waals surface area (Å²) in [6, 6.07) is 10.2. The van der Waals surface area contributed by atoms with Crippen LogP contribution in [0.4, 0.5) is 20.5 Å². The van der Waals surface area contributed by atoms with Crippen molar-refractivity contribution < 1.29 is 13.5 Å². The van der Waals surface area contributed by atoms with Crippen LogP contribution in [0.1, 0.15) is 12.2 Å². The number of nitrogens with two attached hydrogens (primary N) is 1. The van der Waals surface area contributed by atoms with E-state index in [2.05, 4.69) is 24.9 Å².